The third-order valence-electron chi connectivity index (χ3n) is 2.66. The minimum Gasteiger partial charge on any atom is -0.478 e. The van der Waals surface area contributed by atoms with Gasteiger partial charge in [0, 0.05) is 16.3 Å². The molecule has 0 radical (unpaired) electrons. The van der Waals surface area contributed by atoms with Gasteiger partial charge in [-0.25, -0.2) is 4.79 Å². The zero-order chi connectivity index (χ0) is 13.8. The quantitative estimate of drug-likeness (QED) is 0.511. The van der Waals surface area contributed by atoms with Crippen LogP contribution in [-0.2, 0) is 4.79 Å². The van der Waals surface area contributed by atoms with E-state index in [0.717, 1.165) is 5.56 Å². The van der Waals surface area contributed by atoms with E-state index in [1.54, 1.807) is 54.6 Å². The van der Waals surface area contributed by atoms with E-state index in [4.69, 9.17) is 17.3 Å². The third-order valence-corrected chi connectivity index (χ3v) is 2.91. The van der Waals surface area contributed by atoms with Gasteiger partial charge in [-0.1, -0.05) is 41.9 Å². The summed E-state index contributed by atoms with van der Waals surface area (Å²) >= 11 is 5.80. The molecule has 0 aliphatic heterocycles. The number of anilines is 1. The molecule has 0 fully saturated rings. The van der Waals surface area contributed by atoms with Crippen LogP contribution < -0.4 is 5.73 Å². The van der Waals surface area contributed by atoms with Crippen LogP contribution >= 0.6 is 11.6 Å². The second-order valence-electron chi connectivity index (χ2n) is 4.00. The molecule has 0 unspecified atom stereocenters. The van der Waals surface area contributed by atoms with Gasteiger partial charge in [-0.05, 0) is 29.8 Å². The maximum atomic E-state index is 11.4. The maximum absolute atomic E-state index is 11.4. The van der Waals surface area contributed by atoms with Gasteiger partial charge < -0.3 is 10.8 Å². The average Bonchev–Trinajstić information content (AvgIpc) is 2.39. The van der Waals surface area contributed by atoms with Crippen molar-refractivity contribution in [2.75, 3.05) is 5.73 Å². The van der Waals surface area contributed by atoms with Gasteiger partial charge in [-0.2, -0.15) is 0 Å². The molecule has 0 spiro atoms. The van der Waals surface area contributed by atoms with Crippen molar-refractivity contribution in [3.05, 3.63) is 64.7 Å². The first kappa shape index (κ1) is 13.2. The fourth-order valence-corrected chi connectivity index (χ4v) is 1.85. The Bertz CT molecular complexity index is 633. The van der Waals surface area contributed by atoms with Crippen molar-refractivity contribution in [1.82, 2.24) is 0 Å². The summed E-state index contributed by atoms with van der Waals surface area (Å²) < 4.78 is 0. The van der Waals surface area contributed by atoms with Crippen LogP contribution in [0, 0.1) is 0 Å². The SMILES string of the molecule is Nc1ccccc1/C(=C\c1ccc(Cl)cc1)C(=O)O. The highest BCUT2D eigenvalue weighted by Crippen LogP contribution is 2.24. The lowest BCUT2D eigenvalue weighted by Gasteiger charge is -2.06. The third kappa shape index (κ3) is 3.14. The highest BCUT2D eigenvalue weighted by Gasteiger charge is 2.12. The molecule has 0 saturated heterocycles. The number of carbonyl (C=O) groups is 1. The summed E-state index contributed by atoms with van der Waals surface area (Å²) in [6.45, 7) is 0. The Hall–Kier alpha value is -2.26. The summed E-state index contributed by atoms with van der Waals surface area (Å²) in [6, 6.07) is 13.8. The number of rotatable bonds is 3. The standard InChI is InChI=1S/C15H12ClNO2/c16-11-7-5-10(6-8-11)9-13(15(18)19)12-3-1-2-4-14(12)17/h1-9H,17H2,(H,18,19)/b13-9+. The van der Waals surface area contributed by atoms with Crippen LogP contribution in [0.5, 0.6) is 0 Å². The summed E-state index contributed by atoms with van der Waals surface area (Å²) in [5.41, 5.74) is 7.66. The van der Waals surface area contributed by atoms with Crippen molar-refractivity contribution < 1.29 is 9.90 Å². The molecule has 0 atom stereocenters. The minimum atomic E-state index is -1.02. The summed E-state index contributed by atoms with van der Waals surface area (Å²) in [4.78, 5) is 11.4. The largest absolute Gasteiger partial charge is 0.478 e. The zero-order valence-corrected chi connectivity index (χ0v) is 10.8. The van der Waals surface area contributed by atoms with E-state index in [1.165, 1.54) is 0 Å². The molecule has 2 rings (SSSR count). The van der Waals surface area contributed by atoms with E-state index in [0.29, 0.717) is 16.3 Å². The lowest BCUT2D eigenvalue weighted by atomic mass is 10.0. The average molecular weight is 274 g/mol. The topological polar surface area (TPSA) is 63.3 Å². The van der Waals surface area contributed by atoms with Gasteiger partial charge >= 0.3 is 5.97 Å². The number of nitrogens with two attached hydrogens (primary N) is 1. The van der Waals surface area contributed by atoms with E-state index in [9.17, 15) is 9.90 Å². The highest BCUT2D eigenvalue weighted by atomic mass is 35.5. The molecule has 0 aliphatic carbocycles. The number of aliphatic carboxylic acids is 1. The van der Waals surface area contributed by atoms with Gasteiger partial charge in [0.1, 0.15) is 0 Å². The predicted octanol–water partition coefficient (Wildman–Crippen LogP) is 3.55. The number of hydrogen-bond donors (Lipinski definition) is 2. The normalized spacial score (nSPS) is 11.3. The maximum Gasteiger partial charge on any atom is 0.336 e. The lowest BCUT2D eigenvalue weighted by Crippen LogP contribution is -2.02. The Balaban J connectivity index is 2.50. The molecule has 3 N–H and O–H groups in total. The number of para-hydroxylation sites is 1. The molecule has 0 bridgehead atoms. The van der Waals surface area contributed by atoms with Crippen LogP contribution in [0.4, 0.5) is 5.69 Å². The number of carboxylic acids is 1. The summed E-state index contributed by atoms with van der Waals surface area (Å²) in [6.07, 6.45) is 1.57. The molecular formula is C15H12ClNO2. The fraction of sp³-hybridized carbons (Fsp3) is 0. The van der Waals surface area contributed by atoms with E-state index in [2.05, 4.69) is 0 Å². The summed E-state index contributed by atoms with van der Waals surface area (Å²) in [5, 5.41) is 9.92. The molecule has 4 heteroatoms. The number of hydrogen-bond acceptors (Lipinski definition) is 2. The molecule has 0 aromatic heterocycles. The highest BCUT2D eigenvalue weighted by molar-refractivity contribution is 6.30. The second-order valence-corrected chi connectivity index (χ2v) is 4.44. The fourth-order valence-electron chi connectivity index (χ4n) is 1.72. The van der Waals surface area contributed by atoms with Crippen molar-refractivity contribution in [3.63, 3.8) is 0 Å². The van der Waals surface area contributed by atoms with Crippen molar-refractivity contribution >= 4 is 34.9 Å². The smallest absolute Gasteiger partial charge is 0.336 e. The van der Waals surface area contributed by atoms with Gasteiger partial charge in [0.05, 0.1) is 5.57 Å². The Morgan fingerprint density at radius 1 is 1.11 bits per heavy atom. The molecule has 0 amide bonds. The number of carboxylic acid groups (broad SMARTS) is 1. The summed E-state index contributed by atoms with van der Waals surface area (Å²) in [5.74, 6) is -1.02. The molecule has 19 heavy (non-hydrogen) atoms. The van der Waals surface area contributed by atoms with Crippen LogP contribution in [0.2, 0.25) is 5.02 Å². The molecular weight excluding hydrogens is 262 g/mol. The van der Waals surface area contributed by atoms with E-state index in [-0.39, 0.29) is 5.57 Å². The van der Waals surface area contributed by atoms with Gasteiger partial charge in [0.15, 0.2) is 0 Å². The number of nitrogen functional groups attached to an aromatic ring is 1. The van der Waals surface area contributed by atoms with Crippen molar-refractivity contribution in [2.24, 2.45) is 0 Å². The Kier molecular flexibility index (Phi) is 3.88. The van der Waals surface area contributed by atoms with Crippen LogP contribution in [0.1, 0.15) is 11.1 Å². The van der Waals surface area contributed by atoms with Gasteiger partial charge in [-0.15, -0.1) is 0 Å². The van der Waals surface area contributed by atoms with Gasteiger partial charge in [-0.3, -0.25) is 0 Å². The molecule has 0 saturated carbocycles. The van der Waals surface area contributed by atoms with Gasteiger partial charge in [0.2, 0.25) is 0 Å². The van der Waals surface area contributed by atoms with E-state index in [1.807, 2.05) is 0 Å². The van der Waals surface area contributed by atoms with Crippen LogP contribution in [-0.4, -0.2) is 11.1 Å². The van der Waals surface area contributed by atoms with Crippen LogP contribution in [0.25, 0.3) is 11.6 Å². The van der Waals surface area contributed by atoms with Crippen molar-refractivity contribution in [3.8, 4) is 0 Å². The first-order chi connectivity index (χ1) is 9.08. The van der Waals surface area contributed by atoms with Crippen molar-refractivity contribution in [1.29, 1.82) is 0 Å². The minimum absolute atomic E-state index is 0.153. The van der Waals surface area contributed by atoms with Gasteiger partial charge in [0.25, 0.3) is 0 Å². The number of halogens is 1. The molecule has 2 aromatic carbocycles. The van der Waals surface area contributed by atoms with Crippen LogP contribution in [0.15, 0.2) is 48.5 Å². The molecule has 0 heterocycles. The predicted molar refractivity (Wildman–Crippen MR) is 77.8 cm³/mol. The summed E-state index contributed by atoms with van der Waals surface area (Å²) in [7, 11) is 0. The first-order valence-corrected chi connectivity index (χ1v) is 6.01. The lowest BCUT2D eigenvalue weighted by molar-refractivity contribution is -0.130. The zero-order valence-electron chi connectivity index (χ0n) is 10.0. The van der Waals surface area contributed by atoms with E-state index >= 15 is 0 Å². The van der Waals surface area contributed by atoms with E-state index < -0.39 is 5.97 Å². The Labute approximate surface area is 115 Å². The van der Waals surface area contributed by atoms with Crippen LogP contribution in [0.3, 0.4) is 0 Å². The monoisotopic (exact) mass is 273 g/mol. The molecule has 0 aliphatic rings. The first-order valence-electron chi connectivity index (χ1n) is 5.63. The molecule has 2 aromatic rings. The molecule has 3 nitrogen and oxygen atoms in total. The molecule has 96 valence electrons. The number of benzene rings is 2. The Morgan fingerprint density at radius 3 is 2.32 bits per heavy atom. The van der Waals surface area contributed by atoms with Crippen molar-refractivity contribution in [2.45, 2.75) is 0 Å². The Morgan fingerprint density at radius 2 is 1.74 bits per heavy atom. The second kappa shape index (κ2) is 5.59.